The summed E-state index contributed by atoms with van der Waals surface area (Å²) in [4.78, 5) is 17.9. The predicted molar refractivity (Wildman–Crippen MR) is 123 cm³/mol. The van der Waals surface area contributed by atoms with Crippen LogP contribution in [0.1, 0.15) is 10.4 Å². The second-order valence-corrected chi connectivity index (χ2v) is 7.81. The molecule has 0 unspecified atom stereocenters. The van der Waals surface area contributed by atoms with Crippen molar-refractivity contribution in [3.8, 4) is 28.2 Å². The average Bonchev–Trinajstić information content (AvgIpc) is 3.53. The van der Waals surface area contributed by atoms with Crippen molar-refractivity contribution in [2.24, 2.45) is 0 Å². The van der Waals surface area contributed by atoms with Gasteiger partial charge in [0, 0.05) is 16.1 Å². The maximum absolute atomic E-state index is 12.3. The smallest absolute Gasteiger partial charge is 0.340 e. The van der Waals surface area contributed by atoms with Gasteiger partial charge in [-0.25, -0.2) is 14.9 Å². The zero-order chi connectivity index (χ0) is 22.1. The van der Waals surface area contributed by atoms with Crippen LogP contribution < -0.4 is 0 Å². The number of H-pyrrole nitrogens is 1. The SMILES string of the molecule is COC(=O)c1cccc2ncn(-c3ccc(-c4ccccc4-c4nnn[nH]4)c(SC)c3)c12. The highest BCUT2D eigenvalue weighted by molar-refractivity contribution is 7.98. The third-order valence-electron chi connectivity index (χ3n) is 5.25. The van der Waals surface area contributed by atoms with Crippen LogP contribution in [0.4, 0.5) is 0 Å². The lowest BCUT2D eigenvalue weighted by Gasteiger charge is -2.14. The van der Waals surface area contributed by atoms with Gasteiger partial charge in [-0.1, -0.05) is 36.4 Å². The van der Waals surface area contributed by atoms with Crippen molar-refractivity contribution in [2.75, 3.05) is 13.4 Å². The maximum atomic E-state index is 12.3. The molecule has 0 amide bonds. The molecular weight excluding hydrogens is 424 g/mol. The Bertz CT molecular complexity index is 1430. The van der Waals surface area contributed by atoms with E-state index >= 15 is 0 Å². The molecule has 0 atom stereocenters. The standard InChI is InChI=1S/C23H18N6O2S/c1-31-23(30)18-8-5-9-19-21(18)29(13-24-19)14-10-11-16(20(12-14)32-2)15-6-3-4-7-17(15)22-25-27-28-26-22/h3-13H,1-2H3,(H,25,26,27,28). The summed E-state index contributed by atoms with van der Waals surface area (Å²) in [7, 11) is 1.38. The minimum Gasteiger partial charge on any atom is -0.465 e. The molecule has 0 saturated carbocycles. The lowest BCUT2D eigenvalue weighted by atomic mass is 9.99. The average molecular weight is 443 g/mol. The van der Waals surface area contributed by atoms with Crippen LogP contribution in [0, 0.1) is 0 Å². The van der Waals surface area contributed by atoms with Crippen molar-refractivity contribution >= 4 is 28.8 Å². The first kappa shape index (κ1) is 20.0. The highest BCUT2D eigenvalue weighted by Crippen LogP contribution is 2.37. The van der Waals surface area contributed by atoms with Crippen molar-refractivity contribution in [1.82, 2.24) is 30.2 Å². The molecule has 0 radical (unpaired) electrons. The summed E-state index contributed by atoms with van der Waals surface area (Å²) in [5.74, 6) is 0.216. The summed E-state index contributed by atoms with van der Waals surface area (Å²) in [5.41, 5.74) is 5.81. The van der Waals surface area contributed by atoms with E-state index < -0.39 is 5.97 Å². The molecule has 5 rings (SSSR count). The Morgan fingerprint density at radius 1 is 1.03 bits per heavy atom. The number of fused-ring (bicyclic) bond motifs is 1. The van der Waals surface area contributed by atoms with Crippen LogP contribution in [-0.4, -0.2) is 49.5 Å². The third kappa shape index (κ3) is 3.32. The molecule has 2 heterocycles. The van der Waals surface area contributed by atoms with Gasteiger partial charge in [0.2, 0.25) is 0 Å². The number of tetrazole rings is 1. The Balaban J connectivity index is 1.67. The van der Waals surface area contributed by atoms with Crippen LogP contribution in [0.25, 0.3) is 39.2 Å². The number of nitrogens with one attached hydrogen (secondary N) is 1. The molecule has 5 aromatic rings. The number of methoxy groups -OCH3 is 1. The van der Waals surface area contributed by atoms with E-state index in [-0.39, 0.29) is 0 Å². The van der Waals surface area contributed by atoms with E-state index in [1.165, 1.54) is 7.11 Å². The number of carbonyl (C=O) groups excluding carboxylic acids is 1. The predicted octanol–water partition coefficient (Wildman–Crippen LogP) is 4.38. The molecule has 0 fully saturated rings. The van der Waals surface area contributed by atoms with Crippen LogP contribution in [0.15, 0.2) is 71.9 Å². The van der Waals surface area contributed by atoms with Gasteiger partial charge in [-0.2, -0.15) is 0 Å². The fourth-order valence-electron chi connectivity index (χ4n) is 3.79. The fourth-order valence-corrected chi connectivity index (χ4v) is 4.42. The van der Waals surface area contributed by atoms with E-state index in [0.29, 0.717) is 16.9 Å². The number of carbonyl (C=O) groups is 1. The normalized spacial score (nSPS) is 11.1. The second-order valence-electron chi connectivity index (χ2n) is 6.96. The van der Waals surface area contributed by atoms with Crippen molar-refractivity contribution in [3.63, 3.8) is 0 Å². The summed E-state index contributed by atoms with van der Waals surface area (Å²) in [6.07, 6.45) is 3.76. The molecule has 32 heavy (non-hydrogen) atoms. The van der Waals surface area contributed by atoms with Crippen molar-refractivity contribution < 1.29 is 9.53 Å². The molecule has 8 nitrogen and oxygen atoms in total. The van der Waals surface area contributed by atoms with Gasteiger partial charge in [0.15, 0.2) is 5.82 Å². The van der Waals surface area contributed by atoms with Gasteiger partial charge in [0.25, 0.3) is 0 Å². The minimum atomic E-state index is -0.395. The van der Waals surface area contributed by atoms with E-state index in [4.69, 9.17) is 4.74 Å². The number of esters is 1. The monoisotopic (exact) mass is 442 g/mol. The zero-order valence-electron chi connectivity index (χ0n) is 17.3. The van der Waals surface area contributed by atoms with E-state index in [0.717, 1.165) is 32.8 Å². The third-order valence-corrected chi connectivity index (χ3v) is 6.03. The Kier molecular flexibility index (Phi) is 5.16. The van der Waals surface area contributed by atoms with E-state index in [1.54, 1.807) is 30.2 Å². The van der Waals surface area contributed by atoms with Crippen molar-refractivity contribution in [3.05, 3.63) is 72.6 Å². The van der Waals surface area contributed by atoms with Gasteiger partial charge in [-0.15, -0.1) is 16.9 Å². The first-order valence-corrected chi connectivity index (χ1v) is 11.0. The number of nitrogens with zero attached hydrogens (tertiary/aromatic N) is 5. The zero-order valence-corrected chi connectivity index (χ0v) is 18.1. The molecule has 0 aliphatic carbocycles. The number of aromatic amines is 1. The van der Waals surface area contributed by atoms with Gasteiger partial charge in [-0.3, -0.25) is 4.57 Å². The lowest BCUT2D eigenvalue weighted by Crippen LogP contribution is -2.05. The number of aromatic nitrogens is 6. The molecule has 2 aromatic heterocycles. The molecule has 0 saturated heterocycles. The first-order valence-electron chi connectivity index (χ1n) is 9.77. The van der Waals surface area contributed by atoms with E-state index in [9.17, 15) is 4.79 Å². The number of imidazole rings is 1. The van der Waals surface area contributed by atoms with Crippen LogP contribution in [0.5, 0.6) is 0 Å². The number of hydrogen-bond acceptors (Lipinski definition) is 7. The second kappa shape index (κ2) is 8.27. The highest BCUT2D eigenvalue weighted by atomic mass is 32.2. The highest BCUT2D eigenvalue weighted by Gasteiger charge is 2.18. The molecule has 9 heteroatoms. The number of hydrogen-bond donors (Lipinski definition) is 1. The number of ether oxygens (including phenoxy) is 1. The molecule has 0 aliphatic heterocycles. The van der Waals surface area contributed by atoms with Gasteiger partial charge in [0.05, 0.1) is 23.7 Å². The van der Waals surface area contributed by atoms with E-state index in [2.05, 4.69) is 43.8 Å². The summed E-state index contributed by atoms with van der Waals surface area (Å²) < 4.78 is 6.89. The summed E-state index contributed by atoms with van der Waals surface area (Å²) >= 11 is 1.64. The molecule has 0 spiro atoms. The summed E-state index contributed by atoms with van der Waals surface area (Å²) in [5, 5.41) is 14.3. The van der Waals surface area contributed by atoms with Crippen LogP contribution in [0.3, 0.4) is 0 Å². The lowest BCUT2D eigenvalue weighted by molar-refractivity contribution is 0.0602. The minimum absolute atomic E-state index is 0.395. The number of para-hydroxylation sites is 1. The van der Waals surface area contributed by atoms with Gasteiger partial charge < -0.3 is 4.74 Å². The Hall–Kier alpha value is -3.98. The molecule has 0 aliphatic rings. The van der Waals surface area contributed by atoms with Gasteiger partial charge in [0.1, 0.15) is 6.33 Å². The molecule has 1 N–H and O–H groups in total. The summed E-state index contributed by atoms with van der Waals surface area (Å²) in [6, 6.07) is 19.6. The topological polar surface area (TPSA) is 98.6 Å². The number of benzene rings is 3. The number of rotatable bonds is 5. The number of thioether (sulfide) groups is 1. The quantitative estimate of drug-likeness (QED) is 0.318. The maximum Gasteiger partial charge on any atom is 0.340 e. The molecule has 158 valence electrons. The Morgan fingerprint density at radius 2 is 1.88 bits per heavy atom. The van der Waals surface area contributed by atoms with Crippen LogP contribution in [-0.2, 0) is 4.74 Å². The summed E-state index contributed by atoms with van der Waals surface area (Å²) in [6.45, 7) is 0. The van der Waals surface area contributed by atoms with Gasteiger partial charge in [-0.05, 0) is 52.1 Å². The van der Waals surface area contributed by atoms with Crippen molar-refractivity contribution in [2.45, 2.75) is 4.90 Å². The largest absolute Gasteiger partial charge is 0.465 e. The van der Waals surface area contributed by atoms with Crippen molar-refractivity contribution in [1.29, 1.82) is 0 Å². The van der Waals surface area contributed by atoms with Crippen LogP contribution in [0.2, 0.25) is 0 Å². The Morgan fingerprint density at radius 3 is 2.62 bits per heavy atom. The Labute approximate surface area is 187 Å². The molecular formula is C23H18N6O2S. The van der Waals surface area contributed by atoms with Crippen LogP contribution >= 0.6 is 11.8 Å². The fraction of sp³-hybridized carbons (Fsp3) is 0.0870. The molecule has 0 bridgehead atoms. The molecule has 3 aromatic carbocycles. The van der Waals surface area contributed by atoms with Gasteiger partial charge >= 0.3 is 5.97 Å². The first-order chi connectivity index (χ1) is 15.7. The van der Waals surface area contributed by atoms with E-state index in [1.807, 2.05) is 41.2 Å².